The minimum Gasteiger partial charge on any atom is -0.344 e. The highest BCUT2D eigenvalue weighted by Gasteiger charge is 2.10. The van der Waals surface area contributed by atoms with E-state index in [9.17, 15) is 0 Å². The van der Waals surface area contributed by atoms with E-state index in [-0.39, 0.29) is 0 Å². The second kappa shape index (κ2) is 4.03. The van der Waals surface area contributed by atoms with Crippen molar-refractivity contribution in [2.75, 3.05) is 13.1 Å². The maximum Gasteiger partial charge on any atom is 0.262 e. The molecule has 0 N–H and O–H groups in total. The van der Waals surface area contributed by atoms with E-state index < -0.39 is 0 Å². The summed E-state index contributed by atoms with van der Waals surface area (Å²) in [7, 11) is 0.675. The molecule has 52 valence electrons. The van der Waals surface area contributed by atoms with Gasteiger partial charge in [0.25, 0.3) is 9.76 Å². The van der Waals surface area contributed by atoms with Crippen molar-refractivity contribution in [2.24, 2.45) is 0 Å². The van der Waals surface area contributed by atoms with Crippen molar-refractivity contribution in [2.45, 2.75) is 25.8 Å². The van der Waals surface area contributed by atoms with Gasteiger partial charge in [0, 0.05) is 13.1 Å². The summed E-state index contributed by atoms with van der Waals surface area (Å²) in [5.41, 5.74) is 0. The minimum absolute atomic E-state index is 0.675. The molecule has 2 radical (unpaired) electrons. The van der Waals surface area contributed by atoms with Crippen molar-refractivity contribution in [1.29, 1.82) is 0 Å². The van der Waals surface area contributed by atoms with Crippen LogP contribution in [0, 0.1) is 0 Å². The van der Waals surface area contributed by atoms with Gasteiger partial charge in [0.2, 0.25) is 0 Å². The Morgan fingerprint density at radius 3 is 2.67 bits per heavy atom. The Morgan fingerprint density at radius 2 is 2.11 bits per heavy atom. The van der Waals surface area contributed by atoms with Gasteiger partial charge in [0.1, 0.15) is 0 Å². The molecule has 2 nitrogen and oxygen atoms in total. The molecule has 1 aliphatic heterocycles. The number of hydroxylamine groups is 2. The molecular formula is C6H13NOSi. The van der Waals surface area contributed by atoms with E-state index in [0.29, 0.717) is 9.76 Å². The van der Waals surface area contributed by atoms with Crippen LogP contribution in [0.2, 0.25) is 6.04 Å². The highest BCUT2D eigenvalue weighted by molar-refractivity contribution is 6.26. The fourth-order valence-electron chi connectivity index (χ4n) is 0.935. The average Bonchev–Trinajstić information content (AvgIpc) is 2.34. The summed E-state index contributed by atoms with van der Waals surface area (Å²) in [6.07, 6.45) is 2.63. The van der Waals surface area contributed by atoms with Crippen LogP contribution >= 0.6 is 0 Å². The Hall–Kier alpha value is 0.137. The lowest BCUT2D eigenvalue weighted by Gasteiger charge is -2.12. The molecule has 1 fully saturated rings. The summed E-state index contributed by atoms with van der Waals surface area (Å²) < 4.78 is 5.41. The highest BCUT2D eigenvalue weighted by Crippen LogP contribution is 2.06. The second-order valence-corrected chi connectivity index (χ2v) is 3.40. The van der Waals surface area contributed by atoms with E-state index in [1.807, 2.05) is 0 Å². The zero-order valence-corrected chi connectivity index (χ0v) is 6.89. The van der Waals surface area contributed by atoms with Crippen LogP contribution in [0.5, 0.6) is 0 Å². The molecule has 0 aromatic rings. The lowest BCUT2D eigenvalue weighted by Crippen LogP contribution is -2.21. The van der Waals surface area contributed by atoms with Gasteiger partial charge in [0.15, 0.2) is 0 Å². The molecule has 0 atom stereocenters. The Balaban J connectivity index is 1.98. The summed E-state index contributed by atoms with van der Waals surface area (Å²) in [6.45, 7) is 4.44. The predicted molar refractivity (Wildman–Crippen MR) is 38.1 cm³/mol. The van der Waals surface area contributed by atoms with Crippen molar-refractivity contribution in [3.05, 3.63) is 0 Å². The quantitative estimate of drug-likeness (QED) is 0.548. The van der Waals surface area contributed by atoms with E-state index in [1.54, 1.807) is 0 Å². The number of hydrogen-bond acceptors (Lipinski definition) is 2. The van der Waals surface area contributed by atoms with E-state index in [2.05, 4.69) is 12.0 Å². The van der Waals surface area contributed by atoms with Crippen LogP contribution in [0.1, 0.15) is 19.8 Å². The van der Waals surface area contributed by atoms with Crippen LogP contribution in [0.25, 0.3) is 0 Å². The first-order valence-electron chi connectivity index (χ1n) is 3.58. The predicted octanol–water partition coefficient (Wildman–Crippen LogP) is 1.07. The van der Waals surface area contributed by atoms with E-state index in [4.69, 9.17) is 4.53 Å². The molecule has 0 bridgehead atoms. The summed E-state index contributed by atoms with van der Waals surface area (Å²) in [5, 5.41) is 2.09. The van der Waals surface area contributed by atoms with Crippen LogP contribution in [-0.4, -0.2) is 27.9 Å². The van der Waals surface area contributed by atoms with Crippen molar-refractivity contribution in [3.8, 4) is 0 Å². The Kier molecular flexibility index (Phi) is 3.25. The van der Waals surface area contributed by atoms with Gasteiger partial charge < -0.3 is 4.53 Å². The molecule has 1 aliphatic rings. The first-order chi connectivity index (χ1) is 4.43. The molecule has 0 aromatic heterocycles. The SMILES string of the molecule is CC[Si]ON1CCCC1. The standard InChI is InChI=1S/C6H13NOSi/c1-2-9-8-7-5-3-4-6-7/h2-6H2,1H3. The molecule has 0 aliphatic carbocycles. The van der Waals surface area contributed by atoms with E-state index in [1.165, 1.54) is 12.8 Å². The van der Waals surface area contributed by atoms with Crippen LogP contribution in [0.4, 0.5) is 0 Å². The largest absolute Gasteiger partial charge is 0.344 e. The van der Waals surface area contributed by atoms with Crippen LogP contribution in [-0.2, 0) is 4.53 Å². The van der Waals surface area contributed by atoms with Crippen LogP contribution in [0.15, 0.2) is 0 Å². The highest BCUT2D eigenvalue weighted by atomic mass is 28.2. The Morgan fingerprint density at radius 1 is 1.44 bits per heavy atom. The van der Waals surface area contributed by atoms with Gasteiger partial charge in [-0.3, -0.25) is 0 Å². The molecule has 1 heterocycles. The fourth-order valence-corrected chi connectivity index (χ4v) is 1.43. The molecule has 0 amide bonds. The lowest BCUT2D eigenvalue weighted by atomic mass is 10.4. The minimum atomic E-state index is 0.675. The van der Waals surface area contributed by atoms with Gasteiger partial charge in [-0.2, -0.15) is 0 Å². The molecular weight excluding hydrogens is 130 g/mol. The molecule has 0 spiro atoms. The molecule has 9 heavy (non-hydrogen) atoms. The first-order valence-corrected chi connectivity index (χ1v) is 4.70. The Labute approximate surface area is 59.1 Å². The molecule has 0 saturated carbocycles. The lowest BCUT2D eigenvalue weighted by molar-refractivity contribution is -0.0324. The van der Waals surface area contributed by atoms with Crippen LogP contribution < -0.4 is 0 Å². The smallest absolute Gasteiger partial charge is 0.262 e. The monoisotopic (exact) mass is 143 g/mol. The van der Waals surface area contributed by atoms with Crippen LogP contribution in [0.3, 0.4) is 0 Å². The number of nitrogens with zero attached hydrogens (tertiary/aromatic N) is 1. The van der Waals surface area contributed by atoms with Gasteiger partial charge in [-0.15, -0.1) is 0 Å². The van der Waals surface area contributed by atoms with Crippen molar-refractivity contribution >= 4 is 9.76 Å². The number of hydrogen-bond donors (Lipinski definition) is 0. The maximum absolute atomic E-state index is 5.41. The van der Waals surface area contributed by atoms with Gasteiger partial charge in [-0.1, -0.05) is 6.92 Å². The second-order valence-electron chi connectivity index (χ2n) is 2.23. The molecule has 0 unspecified atom stereocenters. The third-order valence-corrected chi connectivity index (χ3v) is 2.08. The molecule has 3 heteroatoms. The number of rotatable bonds is 3. The van der Waals surface area contributed by atoms with Crippen molar-refractivity contribution in [1.82, 2.24) is 5.06 Å². The first kappa shape index (κ1) is 7.25. The van der Waals surface area contributed by atoms with E-state index >= 15 is 0 Å². The van der Waals surface area contributed by atoms with E-state index in [0.717, 1.165) is 19.1 Å². The summed E-state index contributed by atoms with van der Waals surface area (Å²) in [5.74, 6) is 0. The zero-order valence-electron chi connectivity index (χ0n) is 5.89. The fraction of sp³-hybridized carbons (Fsp3) is 1.00. The summed E-state index contributed by atoms with van der Waals surface area (Å²) >= 11 is 0. The molecule has 1 saturated heterocycles. The third-order valence-electron chi connectivity index (χ3n) is 1.40. The van der Waals surface area contributed by atoms with Gasteiger partial charge >= 0.3 is 0 Å². The van der Waals surface area contributed by atoms with Gasteiger partial charge in [0.05, 0.1) is 0 Å². The van der Waals surface area contributed by atoms with Crippen molar-refractivity contribution < 1.29 is 4.53 Å². The molecule has 0 aromatic carbocycles. The normalized spacial score (nSPS) is 21.0. The van der Waals surface area contributed by atoms with Gasteiger partial charge in [-0.05, 0) is 18.9 Å². The summed E-state index contributed by atoms with van der Waals surface area (Å²) in [4.78, 5) is 0. The zero-order chi connectivity index (χ0) is 6.53. The maximum atomic E-state index is 5.41. The average molecular weight is 143 g/mol. The Bertz CT molecular complexity index is 73.5. The molecule has 1 rings (SSSR count). The van der Waals surface area contributed by atoms with Crippen molar-refractivity contribution in [3.63, 3.8) is 0 Å². The van der Waals surface area contributed by atoms with Gasteiger partial charge in [-0.25, -0.2) is 5.06 Å². The third kappa shape index (κ3) is 2.47. The topological polar surface area (TPSA) is 12.5 Å². The summed E-state index contributed by atoms with van der Waals surface area (Å²) in [6, 6.07) is 1.15.